The van der Waals surface area contributed by atoms with Gasteiger partial charge in [0, 0.05) is 37.9 Å². The molecule has 152 valence electrons. The van der Waals surface area contributed by atoms with Gasteiger partial charge in [0.2, 0.25) is 10.0 Å². The van der Waals surface area contributed by atoms with Gasteiger partial charge in [0.05, 0.1) is 18.7 Å². The van der Waals surface area contributed by atoms with Crippen LogP contribution in [-0.2, 0) is 10.0 Å². The molecule has 1 aliphatic heterocycles. The van der Waals surface area contributed by atoms with E-state index in [1.807, 2.05) is 0 Å². The summed E-state index contributed by atoms with van der Waals surface area (Å²) >= 11 is 3.37. The summed E-state index contributed by atoms with van der Waals surface area (Å²) in [4.78, 5) is 2.36. The van der Waals surface area contributed by atoms with E-state index in [0.717, 1.165) is 0 Å². The summed E-state index contributed by atoms with van der Waals surface area (Å²) in [5.41, 5.74) is 3.56. The summed E-state index contributed by atoms with van der Waals surface area (Å²) in [7, 11) is -0.727. The minimum absolute atomic E-state index is 0.121. The molecular formula is C20H25BrN2O4S. The molecule has 8 heteroatoms. The number of ether oxygens (including phenoxy) is 2. The second kappa shape index (κ2) is 8.31. The predicted octanol–water partition coefficient (Wildman–Crippen LogP) is 3.59. The maximum Gasteiger partial charge on any atom is 0.247 e. The Bertz CT molecular complexity index is 970. The maximum absolute atomic E-state index is 13.3. The summed E-state index contributed by atoms with van der Waals surface area (Å²) in [6.07, 6.45) is 0. The van der Waals surface area contributed by atoms with Crippen molar-refractivity contribution in [2.24, 2.45) is 0 Å². The first-order valence-corrected chi connectivity index (χ1v) is 11.2. The van der Waals surface area contributed by atoms with Crippen LogP contribution in [0.25, 0.3) is 0 Å². The van der Waals surface area contributed by atoms with Crippen LogP contribution < -0.4 is 14.4 Å². The fourth-order valence-electron chi connectivity index (χ4n) is 3.40. The summed E-state index contributed by atoms with van der Waals surface area (Å²) in [5.74, 6) is 0.748. The average molecular weight is 469 g/mol. The first-order chi connectivity index (χ1) is 13.3. The lowest BCUT2D eigenvalue weighted by Gasteiger charge is -2.36. The molecule has 28 heavy (non-hydrogen) atoms. The van der Waals surface area contributed by atoms with Gasteiger partial charge in [-0.05, 0) is 53.0 Å². The highest BCUT2D eigenvalue weighted by atomic mass is 79.9. The highest BCUT2D eigenvalue weighted by Gasteiger charge is 2.32. The third-order valence-electron chi connectivity index (χ3n) is 5.00. The zero-order valence-corrected chi connectivity index (χ0v) is 18.9. The van der Waals surface area contributed by atoms with Gasteiger partial charge < -0.3 is 14.4 Å². The molecule has 0 unspecified atom stereocenters. The first kappa shape index (κ1) is 21.0. The largest absolute Gasteiger partial charge is 0.496 e. The summed E-state index contributed by atoms with van der Waals surface area (Å²) in [6.45, 7) is 6.25. The Kier molecular flexibility index (Phi) is 6.21. The smallest absolute Gasteiger partial charge is 0.247 e. The van der Waals surface area contributed by atoms with Crippen molar-refractivity contribution in [1.29, 1.82) is 0 Å². The lowest BCUT2D eigenvalue weighted by Crippen LogP contribution is -2.48. The quantitative estimate of drug-likeness (QED) is 0.670. The molecule has 3 rings (SSSR count). The Morgan fingerprint density at radius 1 is 0.929 bits per heavy atom. The second-order valence-electron chi connectivity index (χ2n) is 6.82. The number of methoxy groups -OCH3 is 2. The molecule has 1 saturated heterocycles. The zero-order chi connectivity index (χ0) is 20.5. The minimum Gasteiger partial charge on any atom is -0.496 e. The number of hydrogen-bond acceptors (Lipinski definition) is 5. The maximum atomic E-state index is 13.3. The van der Waals surface area contributed by atoms with Crippen LogP contribution in [0.3, 0.4) is 0 Å². The van der Waals surface area contributed by atoms with Crippen molar-refractivity contribution in [3.8, 4) is 11.5 Å². The van der Waals surface area contributed by atoms with E-state index >= 15 is 0 Å². The van der Waals surface area contributed by atoms with Crippen molar-refractivity contribution in [2.45, 2.75) is 18.7 Å². The number of piperazine rings is 1. The van der Waals surface area contributed by atoms with E-state index in [4.69, 9.17) is 9.47 Å². The number of hydrogen-bond donors (Lipinski definition) is 0. The van der Waals surface area contributed by atoms with E-state index in [1.54, 1.807) is 6.07 Å². The van der Waals surface area contributed by atoms with Gasteiger partial charge >= 0.3 is 0 Å². The minimum atomic E-state index is -3.70. The predicted molar refractivity (Wildman–Crippen MR) is 114 cm³/mol. The SMILES string of the molecule is COc1cc(S(=O)(=O)N2CCN(c3cc(C)ccc3C)CC2)c(OC)cc1Br. The highest BCUT2D eigenvalue weighted by Crippen LogP contribution is 2.37. The van der Waals surface area contributed by atoms with Gasteiger partial charge in [-0.2, -0.15) is 4.31 Å². The van der Waals surface area contributed by atoms with Crippen molar-refractivity contribution < 1.29 is 17.9 Å². The van der Waals surface area contributed by atoms with Crippen molar-refractivity contribution in [1.82, 2.24) is 4.31 Å². The van der Waals surface area contributed by atoms with Crippen LogP contribution in [0, 0.1) is 13.8 Å². The summed E-state index contributed by atoms with van der Waals surface area (Å²) in [6, 6.07) is 9.48. The molecule has 1 aliphatic rings. The molecule has 0 spiro atoms. The lowest BCUT2D eigenvalue weighted by atomic mass is 10.1. The number of anilines is 1. The number of halogens is 1. The monoisotopic (exact) mass is 468 g/mol. The Morgan fingerprint density at radius 3 is 2.18 bits per heavy atom. The summed E-state index contributed by atoms with van der Waals surface area (Å²) in [5, 5.41) is 0. The van der Waals surface area contributed by atoms with Crippen molar-refractivity contribution in [3.05, 3.63) is 45.9 Å². The number of nitrogens with zero attached hydrogens (tertiary/aromatic N) is 2. The fraction of sp³-hybridized carbons (Fsp3) is 0.400. The second-order valence-corrected chi connectivity index (χ2v) is 9.58. The molecule has 0 N–H and O–H groups in total. The molecule has 6 nitrogen and oxygen atoms in total. The van der Waals surface area contributed by atoms with Crippen LogP contribution in [-0.4, -0.2) is 53.1 Å². The number of sulfonamides is 1. The molecule has 0 amide bonds. The Hall–Kier alpha value is -1.77. The fourth-order valence-corrected chi connectivity index (χ4v) is 5.46. The van der Waals surface area contributed by atoms with Gasteiger partial charge in [0.25, 0.3) is 0 Å². The molecule has 2 aromatic rings. The zero-order valence-electron chi connectivity index (χ0n) is 16.5. The molecule has 0 atom stereocenters. The van der Waals surface area contributed by atoms with E-state index in [0.29, 0.717) is 42.2 Å². The average Bonchev–Trinajstić information content (AvgIpc) is 2.69. The van der Waals surface area contributed by atoms with E-state index in [2.05, 4.69) is 52.9 Å². The van der Waals surface area contributed by atoms with Gasteiger partial charge in [-0.25, -0.2) is 8.42 Å². The standard InChI is InChI=1S/C20H25BrN2O4S/c1-14-5-6-15(2)17(11-14)22-7-9-23(10-8-22)28(24,25)20-13-18(26-3)16(21)12-19(20)27-4/h5-6,11-13H,7-10H2,1-4H3. The van der Waals surface area contributed by atoms with E-state index in [9.17, 15) is 8.42 Å². The normalized spacial score (nSPS) is 15.5. The van der Waals surface area contributed by atoms with E-state index in [1.165, 1.54) is 41.4 Å². The molecule has 0 aromatic heterocycles. The summed E-state index contributed by atoms with van der Waals surface area (Å²) < 4.78 is 39.3. The highest BCUT2D eigenvalue weighted by molar-refractivity contribution is 9.10. The van der Waals surface area contributed by atoms with Crippen LogP contribution in [0.15, 0.2) is 39.7 Å². The third kappa shape index (κ3) is 3.99. The van der Waals surface area contributed by atoms with E-state index < -0.39 is 10.0 Å². The van der Waals surface area contributed by atoms with Crippen molar-refractivity contribution in [2.75, 3.05) is 45.3 Å². The molecule has 2 aromatic carbocycles. The Morgan fingerprint density at radius 2 is 1.57 bits per heavy atom. The van der Waals surface area contributed by atoms with Gasteiger partial charge in [0.15, 0.2) is 0 Å². The van der Waals surface area contributed by atoms with Gasteiger partial charge in [-0.1, -0.05) is 12.1 Å². The lowest BCUT2D eigenvalue weighted by molar-refractivity contribution is 0.370. The molecule has 0 aliphatic carbocycles. The van der Waals surface area contributed by atoms with Crippen LogP contribution in [0.1, 0.15) is 11.1 Å². The van der Waals surface area contributed by atoms with Gasteiger partial charge in [-0.15, -0.1) is 0 Å². The molecule has 1 fully saturated rings. The number of rotatable bonds is 5. The Balaban J connectivity index is 1.85. The topological polar surface area (TPSA) is 59.1 Å². The molecule has 0 bridgehead atoms. The Labute approximate surface area is 175 Å². The van der Waals surface area contributed by atoms with Crippen LogP contribution in [0.4, 0.5) is 5.69 Å². The van der Waals surface area contributed by atoms with Crippen LogP contribution in [0.2, 0.25) is 0 Å². The first-order valence-electron chi connectivity index (χ1n) is 9.02. The molecular weight excluding hydrogens is 444 g/mol. The van der Waals surface area contributed by atoms with Crippen molar-refractivity contribution >= 4 is 31.6 Å². The van der Waals surface area contributed by atoms with Gasteiger partial charge in [-0.3, -0.25) is 0 Å². The van der Waals surface area contributed by atoms with Gasteiger partial charge in [0.1, 0.15) is 16.4 Å². The van der Waals surface area contributed by atoms with E-state index in [-0.39, 0.29) is 4.90 Å². The van der Waals surface area contributed by atoms with Crippen LogP contribution in [0.5, 0.6) is 11.5 Å². The van der Waals surface area contributed by atoms with Crippen molar-refractivity contribution in [3.63, 3.8) is 0 Å². The number of benzene rings is 2. The number of aryl methyl sites for hydroxylation is 2. The molecule has 1 heterocycles. The van der Waals surface area contributed by atoms with Crippen LogP contribution >= 0.6 is 15.9 Å². The third-order valence-corrected chi connectivity index (χ3v) is 7.54. The molecule has 0 saturated carbocycles. The molecule has 0 radical (unpaired) electrons.